The van der Waals surface area contributed by atoms with Crippen molar-refractivity contribution in [2.45, 2.75) is 11.0 Å². The highest BCUT2D eigenvalue weighted by molar-refractivity contribution is 9.10. The SMILES string of the molecule is CS(=O)(=O)c1cccc(OC(CN)c2cc(Br)cs2)c1. The minimum atomic E-state index is -3.24. The van der Waals surface area contributed by atoms with Crippen LogP contribution in [0.3, 0.4) is 0 Å². The van der Waals surface area contributed by atoms with Crippen LogP contribution >= 0.6 is 27.3 Å². The molecule has 1 atom stereocenters. The average molecular weight is 376 g/mol. The number of nitrogens with two attached hydrogens (primary N) is 1. The Balaban J connectivity index is 2.24. The third-order valence-electron chi connectivity index (χ3n) is 2.63. The van der Waals surface area contributed by atoms with Gasteiger partial charge in [-0.25, -0.2) is 8.42 Å². The first-order chi connectivity index (χ1) is 9.40. The van der Waals surface area contributed by atoms with Gasteiger partial charge in [0.2, 0.25) is 0 Å². The summed E-state index contributed by atoms with van der Waals surface area (Å²) in [5.41, 5.74) is 5.73. The molecule has 0 aliphatic rings. The van der Waals surface area contributed by atoms with Gasteiger partial charge in [0.25, 0.3) is 0 Å². The molecule has 1 aromatic heterocycles. The Hall–Kier alpha value is -0.890. The third-order valence-corrected chi connectivity index (χ3v) is 5.53. The molecule has 0 bridgehead atoms. The summed E-state index contributed by atoms with van der Waals surface area (Å²) in [6.07, 6.45) is 0.879. The van der Waals surface area contributed by atoms with Gasteiger partial charge in [-0.15, -0.1) is 11.3 Å². The fourth-order valence-electron chi connectivity index (χ4n) is 1.66. The van der Waals surface area contributed by atoms with Crippen LogP contribution in [0.4, 0.5) is 0 Å². The van der Waals surface area contributed by atoms with E-state index in [9.17, 15) is 8.42 Å². The minimum absolute atomic E-state index is 0.234. The highest BCUT2D eigenvalue weighted by Gasteiger charge is 2.15. The molecule has 0 saturated heterocycles. The minimum Gasteiger partial charge on any atom is -0.484 e. The normalized spacial score (nSPS) is 13.2. The number of hydrogen-bond donors (Lipinski definition) is 1. The second-order valence-electron chi connectivity index (χ2n) is 4.26. The maximum absolute atomic E-state index is 11.5. The van der Waals surface area contributed by atoms with Crippen LogP contribution in [0.25, 0.3) is 0 Å². The van der Waals surface area contributed by atoms with E-state index in [-0.39, 0.29) is 11.0 Å². The van der Waals surface area contributed by atoms with Crippen LogP contribution in [0.1, 0.15) is 11.0 Å². The molecule has 2 rings (SSSR count). The molecule has 108 valence electrons. The maximum Gasteiger partial charge on any atom is 0.175 e. The number of ether oxygens (including phenoxy) is 1. The van der Waals surface area contributed by atoms with Gasteiger partial charge in [0.1, 0.15) is 11.9 Å². The van der Waals surface area contributed by atoms with Crippen LogP contribution in [0, 0.1) is 0 Å². The van der Waals surface area contributed by atoms with E-state index >= 15 is 0 Å². The zero-order valence-corrected chi connectivity index (χ0v) is 14.0. The number of benzene rings is 1. The van der Waals surface area contributed by atoms with Crippen molar-refractivity contribution in [2.75, 3.05) is 12.8 Å². The first kappa shape index (κ1) is 15.5. The highest BCUT2D eigenvalue weighted by atomic mass is 79.9. The van der Waals surface area contributed by atoms with Crippen molar-refractivity contribution in [2.24, 2.45) is 5.73 Å². The molecule has 0 radical (unpaired) electrons. The van der Waals surface area contributed by atoms with E-state index < -0.39 is 9.84 Å². The second-order valence-corrected chi connectivity index (χ2v) is 8.13. The zero-order valence-electron chi connectivity index (χ0n) is 10.7. The average Bonchev–Trinajstić information content (AvgIpc) is 2.82. The van der Waals surface area contributed by atoms with Crippen LogP contribution in [0.2, 0.25) is 0 Å². The molecule has 2 aromatic rings. The van der Waals surface area contributed by atoms with Crippen molar-refractivity contribution in [1.29, 1.82) is 0 Å². The van der Waals surface area contributed by atoms with Crippen molar-refractivity contribution >= 4 is 37.1 Å². The van der Waals surface area contributed by atoms with Crippen LogP contribution in [-0.2, 0) is 9.84 Å². The van der Waals surface area contributed by atoms with Crippen molar-refractivity contribution in [3.63, 3.8) is 0 Å². The summed E-state index contributed by atoms with van der Waals surface area (Å²) in [7, 11) is -3.24. The molecule has 1 heterocycles. The van der Waals surface area contributed by atoms with E-state index in [1.165, 1.54) is 12.3 Å². The Bertz CT molecular complexity index is 697. The molecule has 0 saturated carbocycles. The summed E-state index contributed by atoms with van der Waals surface area (Å²) in [5, 5.41) is 1.95. The maximum atomic E-state index is 11.5. The number of hydrogen-bond acceptors (Lipinski definition) is 5. The Kier molecular flexibility index (Phi) is 4.85. The van der Waals surface area contributed by atoms with Gasteiger partial charge >= 0.3 is 0 Å². The molecular formula is C13H14BrNO3S2. The van der Waals surface area contributed by atoms with Gasteiger partial charge in [-0.3, -0.25) is 0 Å². The predicted molar refractivity (Wildman–Crippen MR) is 84.0 cm³/mol. The van der Waals surface area contributed by atoms with Crippen LogP contribution in [-0.4, -0.2) is 21.2 Å². The van der Waals surface area contributed by atoms with Crippen molar-refractivity contribution in [3.05, 3.63) is 45.1 Å². The summed E-state index contributed by atoms with van der Waals surface area (Å²) in [6, 6.07) is 8.38. The molecule has 2 N–H and O–H groups in total. The van der Waals surface area contributed by atoms with Crippen LogP contribution < -0.4 is 10.5 Å². The highest BCUT2D eigenvalue weighted by Crippen LogP contribution is 2.29. The molecule has 7 heteroatoms. The van der Waals surface area contributed by atoms with Crippen molar-refractivity contribution in [3.8, 4) is 5.75 Å². The molecule has 0 aliphatic carbocycles. The Labute approximate surface area is 130 Å². The second kappa shape index (κ2) is 6.26. The number of sulfone groups is 1. The van der Waals surface area contributed by atoms with E-state index in [0.29, 0.717) is 12.3 Å². The smallest absolute Gasteiger partial charge is 0.175 e. The zero-order chi connectivity index (χ0) is 14.8. The molecular weight excluding hydrogens is 362 g/mol. The molecule has 1 aromatic carbocycles. The van der Waals surface area contributed by atoms with Gasteiger partial charge in [-0.1, -0.05) is 6.07 Å². The molecule has 0 amide bonds. The summed E-state index contributed by atoms with van der Waals surface area (Å²) >= 11 is 4.93. The molecule has 0 aliphatic heterocycles. The summed E-state index contributed by atoms with van der Waals surface area (Å²) in [6.45, 7) is 0.316. The molecule has 0 spiro atoms. The van der Waals surface area contributed by atoms with E-state index in [2.05, 4.69) is 15.9 Å². The lowest BCUT2D eigenvalue weighted by atomic mass is 10.3. The van der Waals surface area contributed by atoms with E-state index in [1.807, 2.05) is 11.4 Å². The largest absolute Gasteiger partial charge is 0.484 e. The molecule has 4 nitrogen and oxygen atoms in total. The molecule has 20 heavy (non-hydrogen) atoms. The Morgan fingerprint density at radius 1 is 1.40 bits per heavy atom. The van der Waals surface area contributed by atoms with Crippen molar-refractivity contribution in [1.82, 2.24) is 0 Å². The van der Waals surface area contributed by atoms with Crippen LogP contribution in [0.15, 0.2) is 45.1 Å². The van der Waals surface area contributed by atoms with Gasteiger partial charge < -0.3 is 10.5 Å². The topological polar surface area (TPSA) is 69.4 Å². The third kappa shape index (κ3) is 3.82. The molecule has 1 unspecified atom stereocenters. The Morgan fingerprint density at radius 2 is 2.15 bits per heavy atom. The Morgan fingerprint density at radius 3 is 2.70 bits per heavy atom. The lowest BCUT2D eigenvalue weighted by molar-refractivity contribution is 0.217. The van der Waals surface area contributed by atoms with E-state index in [1.54, 1.807) is 29.5 Å². The first-order valence-electron chi connectivity index (χ1n) is 5.81. The van der Waals surface area contributed by atoms with Gasteiger partial charge in [0.15, 0.2) is 9.84 Å². The van der Waals surface area contributed by atoms with E-state index in [4.69, 9.17) is 10.5 Å². The predicted octanol–water partition coefficient (Wildman–Crippen LogP) is 2.99. The van der Waals surface area contributed by atoms with Gasteiger partial charge in [0.05, 0.1) is 4.90 Å². The van der Waals surface area contributed by atoms with Gasteiger partial charge in [0, 0.05) is 27.5 Å². The lowest BCUT2D eigenvalue weighted by Crippen LogP contribution is -2.17. The summed E-state index contributed by atoms with van der Waals surface area (Å²) in [4.78, 5) is 1.22. The number of rotatable bonds is 5. The first-order valence-corrected chi connectivity index (χ1v) is 9.37. The standard InChI is InChI=1S/C13H14BrNO3S2/c1-20(16,17)11-4-2-3-10(6-11)18-12(7-15)13-5-9(14)8-19-13/h2-6,8,12H,7,15H2,1H3. The van der Waals surface area contributed by atoms with E-state index in [0.717, 1.165) is 9.35 Å². The fraction of sp³-hybridized carbons (Fsp3) is 0.231. The monoisotopic (exact) mass is 375 g/mol. The quantitative estimate of drug-likeness (QED) is 0.871. The summed E-state index contributed by atoms with van der Waals surface area (Å²) < 4.78 is 29.8. The number of halogens is 1. The number of thiophene rings is 1. The fourth-order valence-corrected chi connectivity index (χ4v) is 3.80. The van der Waals surface area contributed by atoms with Crippen molar-refractivity contribution < 1.29 is 13.2 Å². The summed E-state index contributed by atoms with van der Waals surface area (Å²) in [5.74, 6) is 0.493. The molecule has 0 fully saturated rings. The van der Waals surface area contributed by atoms with Crippen LogP contribution in [0.5, 0.6) is 5.75 Å². The van der Waals surface area contributed by atoms with Gasteiger partial charge in [-0.05, 0) is 40.2 Å². The lowest BCUT2D eigenvalue weighted by Gasteiger charge is -2.16. The van der Waals surface area contributed by atoms with Gasteiger partial charge in [-0.2, -0.15) is 0 Å².